The number of alkyl halides is 4. The molecule has 1 heterocycles. The number of hydrogen-bond donors (Lipinski definition) is 1. The molecule has 0 aromatic heterocycles. The molecule has 2 nitrogen and oxygen atoms in total. The number of nitrogens with two attached hydrogens (primary N) is 1. The molecule has 0 aromatic carbocycles. The molecule has 3 unspecified atom stereocenters. The van der Waals surface area contributed by atoms with Crippen molar-refractivity contribution in [3.63, 3.8) is 0 Å². The van der Waals surface area contributed by atoms with Crippen molar-refractivity contribution in [2.24, 2.45) is 11.7 Å². The van der Waals surface area contributed by atoms with E-state index in [0.717, 1.165) is 0 Å². The normalized spacial score (nSPS) is 34.8. The highest BCUT2D eigenvalue weighted by Crippen LogP contribution is 2.37. The number of piperidine rings is 1. The molecule has 0 saturated carbocycles. The van der Waals surface area contributed by atoms with Crippen molar-refractivity contribution < 1.29 is 13.2 Å². The minimum absolute atomic E-state index is 0.0719. The van der Waals surface area contributed by atoms with Crippen LogP contribution in [-0.2, 0) is 0 Å². The maximum Gasteiger partial charge on any atom is 0.394 e. The molecule has 0 aliphatic carbocycles. The zero-order valence-electron chi connectivity index (χ0n) is 8.76. The van der Waals surface area contributed by atoms with E-state index in [1.54, 1.807) is 4.90 Å². The summed E-state index contributed by atoms with van der Waals surface area (Å²) in [5, 5.41) is 0. The molecule has 0 aromatic rings. The monoisotopic (exact) mass is 336 g/mol. The Hall–Kier alpha value is 0.440. The minimum Gasteiger partial charge on any atom is -0.326 e. The first kappa shape index (κ1) is 13.5. The van der Waals surface area contributed by atoms with Crippen molar-refractivity contribution in [1.82, 2.24) is 4.90 Å². The van der Waals surface area contributed by atoms with Crippen molar-refractivity contribution in [2.45, 2.75) is 36.0 Å². The third-order valence-corrected chi connectivity index (χ3v) is 4.61. The predicted octanol–water partition coefficient (Wildman–Crippen LogP) is 2.02. The molecule has 1 aliphatic rings. The summed E-state index contributed by atoms with van der Waals surface area (Å²) in [6.45, 7) is 4.42. The van der Waals surface area contributed by atoms with Gasteiger partial charge in [-0.25, -0.2) is 0 Å². The third-order valence-electron chi connectivity index (χ3n) is 2.82. The van der Waals surface area contributed by atoms with Gasteiger partial charge in [-0.2, -0.15) is 13.2 Å². The van der Waals surface area contributed by atoms with Crippen LogP contribution in [-0.4, -0.2) is 40.2 Å². The van der Waals surface area contributed by atoms with Gasteiger partial charge in [0, 0.05) is 29.1 Å². The molecule has 0 spiro atoms. The first-order chi connectivity index (χ1) is 6.73. The summed E-state index contributed by atoms with van der Waals surface area (Å²) in [7, 11) is 0. The lowest BCUT2D eigenvalue weighted by molar-refractivity contribution is -0.185. The summed E-state index contributed by atoms with van der Waals surface area (Å²) in [6, 6.07) is -0.279. The minimum atomic E-state index is -4.14. The molecule has 3 atom stereocenters. The van der Waals surface area contributed by atoms with Gasteiger partial charge in [0.15, 0.2) is 0 Å². The lowest BCUT2D eigenvalue weighted by atomic mass is 9.93. The average molecular weight is 336 g/mol. The second-order valence-electron chi connectivity index (χ2n) is 4.30. The standard InChI is InChI=1S/C9H16F3IN2/c1-5(2)15-3-6(9(10,11)12)8(13)7(14)4-15/h5-8H,3-4,14H2,1-2H3. The number of likely N-dealkylation sites (tertiary alicyclic amines) is 1. The fourth-order valence-electron chi connectivity index (χ4n) is 1.80. The van der Waals surface area contributed by atoms with E-state index >= 15 is 0 Å². The van der Waals surface area contributed by atoms with Crippen LogP contribution in [0.1, 0.15) is 13.8 Å². The van der Waals surface area contributed by atoms with Gasteiger partial charge in [0.05, 0.1) is 5.92 Å². The van der Waals surface area contributed by atoms with Gasteiger partial charge in [0.1, 0.15) is 0 Å². The van der Waals surface area contributed by atoms with E-state index in [0.29, 0.717) is 6.54 Å². The average Bonchev–Trinajstić information content (AvgIpc) is 2.06. The van der Waals surface area contributed by atoms with E-state index in [2.05, 4.69) is 0 Å². The Morgan fingerprint density at radius 1 is 1.33 bits per heavy atom. The van der Waals surface area contributed by atoms with E-state index in [-0.39, 0.29) is 12.6 Å². The number of halogens is 4. The molecule has 1 rings (SSSR count). The highest BCUT2D eigenvalue weighted by atomic mass is 127. The quantitative estimate of drug-likeness (QED) is 0.586. The van der Waals surface area contributed by atoms with Crippen molar-refractivity contribution in [3.8, 4) is 0 Å². The lowest BCUT2D eigenvalue weighted by Crippen LogP contribution is -2.59. The Balaban J connectivity index is 2.78. The van der Waals surface area contributed by atoms with Crippen molar-refractivity contribution >= 4 is 22.6 Å². The van der Waals surface area contributed by atoms with Gasteiger partial charge in [-0.1, -0.05) is 22.6 Å². The summed E-state index contributed by atoms with van der Waals surface area (Å²) >= 11 is 1.83. The fourth-order valence-corrected chi connectivity index (χ4v) is 2.67. The zero-order valence-corrected chi connectivity index (χ0v) is 10.9. The Labute approximate surface area is 102 Å². The maximum absolute atomic E-state index is 12.7. The predicted molar refractivity (Wildman–Crippen MR) is 62.0 cm³/mol. The number of hydrogen-bond acceptors (Lipinski definition) is 2. The van der Waals surface area contributed by atoms with Gasteiger partial charge in [-0.15, -0.1) is 0 Å². The van der Waals surface area contributed by atoms with E-state index in [1.807, 2.05) is 36.4 Å². The Morgan fingerprint density at radius 3 is 2.27 bits per heavy atom. The first-order valence-electron chi connectivity index (χ1n) is 4.94. The van der Waals surface area contributed by atoms with Gasteiger partial charge in [-0.05, 0) is 13.8 Å². The molecule has 6 heteroatoms. The highest BCUT2D eigenvalue weighted by molar-refractivity contribution is 14.1. The fraction of sp³-hybridized carbons (Fsp3) is 1.00. The van der Waals surface area contributed by atoms with Gasteiger partial charge >= 0.3 is 6.18 Å². The molecule has 0 amide bonds. The van der Waals surface area contributed by atoms with Crippen LogP contribution in [0.4, 0.5) is 13.2 Å². The second kappa shape index (κ2) is 4.75. The molecule has 15 heavy (non-hydrogen) atoms. The summed E-state index contributed by atoms with van der Waals surface area (Å²) in [4.78, 5) is 1.80. The Kier molecular flexibility index (Phi) is 4.27. The van der Waals surface area contributed by atoms with Crippen molar-refractivity contribution in [2.75, 3.05) is 13.1 Å². The molecule has 2 N–H and O–H groups in total. The largest absolute Gasteiger partial charge is 0.394 e. The summed E-state index contributed by atoms with van der Waals surface area (Å²) in [6.07, 6.45) is -4.14. The summed E-state index contributed by atoms with van der Waals surface area (Å²) in [5.41, 5.74) is 5.74. The van der Waals surface area contributed by atoms with Crippen LogP contribution in [0.15, 0.2) is 0 Å². The van der Waals surface area contributed by atoms with Crippen LogP contribution in [0.5, 0.6) is 0 Å². The molecular weight excluding hydrogens is 320 g/mol. The van der Waals surface area contributed by atoms with Crippen molar-refractivity contribution in [3.05, 3.63) is 0 Å². The maximum atomic E-state index is 12.7. The van der Waals surface area contributed by atoms with Crippen LogP contribution in [0.3, 0.4) is 0 Å². The van der Waals surface area contributed by atoms with Gasteiger partial charge in [-0.3, -0.25) is 4.90 Å². The smallest absolute Gasteiger partial charge is 0.326 e. The first-order valence-corrected chi connectivity index (χ1v) is 6.18. The van der Waals surface area contributed by atoms with Crippen molar-refractivity contribution in [1.29, 1.82) is 0 Å². The second-order valence-corrected chi connectivity index (χ2v) is 5.74. The molecule has 1 saturated heterocycles. The number of rotatable bonds is 1. The SMILES string of the molecule is CC(C)N1CC(N)C(I)C(C(F)(F)F)C1. The molecule has 0 bridgehead atoms. The van der Waals surface area contributed by atoms with Crippen LogP contribution in [0, 0.1) is 5.92 Å². The van der Waals surface area contributed by atoms with Crippen LogP contribution in [0.25, 0.3) is 0 Å². The van der Waals surface area contributed by atoms with Gasteiger partial charge < -0.3 is 5.73 Å². The van der Waals surface area contributed by atoms with E-state index < -0.39 is 22.1 Å². The number of nitrogens with zero attached hydrogens (tertiary/aromatic N) is 1. The molecule has 0 radical (unpaired) electrons. The molecule has 1 fully saturated rings. The lowest BCUT2D eigenvalue weighted by Gasteiger charge is -2.42. The van der Waals surface area contributed by atoms with E-state index in [1.165, 1.54) is 0 Å². The van der Waals surface area contributed by atoms with Crippen LogP contribution in [0.2, 0.25) is 0 Å². The van der Waals surface area contributed by atoms with E-state index in [4.69, 9.17) is 5.73 Å². The third kappa shape index (κ3) is 3.20. The van der Waals surface area contributed by atoms with Gasteiger partial charge in [0.2, 0.25) is 0 Å². The van der Waals surface area contributed by atoms with Crippen LogP contribution < -0.4 is 5.73 Å². The topological polar surface area (TPSA) is 29.3 Å². The molecular formula is C9H16F3IN2. The highest BCUT2D eigenvalue weighted by Gasteiger charge is 2.49. The van der Waals surface area contributed by atoms with Gasteiger partial charge in [0.25, 0.3) is 0 Å². The Morgan fingerprint density at radius 2 is 1.87 bits per heavy atom. The molecule has 90 valence electrons. The summed E-state index contributed by atoms with van der Waals surface area (Å²) in [5.74, 6) is -1.30. The van der Waals surface area contributed by atoms with Crippen LogP contribution >= 0.6 is 22.6 Å². The summed E-state index contributed by atoms with van der Waals surface area (Å²) < 4.78 is 37.6. The Bertz CT molecular complexity index is 220. The molecule has 1 aliphatic heterocycles. The zero-order chi connectivity index (χ0) is 11.8. The van der Waals surface area contributed by atoms with E-state index in [9.17, 15) is 13.2 Å².